The number of rotatable bonds is 1. The van der Waals surface area contributed by atoms with Crippen LogP contribution >= 0.6 is 0 Å². The molecule has 2 N–H and O–H groups in total. The van der Waals surface area contributed by atoms with Crippen molar-refractivity contribution in [1.29, 1.82) is 0 Å². The summed E-state index contributed by atoms with van der Waals surface area (Å²) >= 11 is 0. The van der Waals surface area contributed by atoms with E-state index >= 15 is 0 Å². The van der Waals surface area contributed by atoms with Crippen molar-refractivity contribution in [2.24, 2.45) is 0 Å². The molecule has 0 aliphatic rings. The van der Waals surface area contributed by atoms with Gasteiger partial charge in [0.2, 0.25) is 0 Å². The molecule has 2 radical (unpaired) electrons. The van der Waals surface area contributed by atoms with Crippen LogP contribution in [-0.4, -0.2) is 12.8 Å². The van der Waals surface area contributed by atoms with Crippen molar-refractivity contribution in [3.8, 4) is 0 Å². The molecule has 0 unspecified atom stereocenters. The molecule has 1 rings (SSSR count). The summed E-state index contributed by atoms with van der Waals surface area (Å²) < 4.78 is 24.1. The number of nitrogens with two attached hydrogens (primary N) is 1. The maximum absolute atomic E-state index is 12.0. The van der Waals surface area contributed by atoms with Crippen LogP contribution in [-0.2, 0) is 0 Å². The lowest BCUT2D eigenvalue weighted by Crippen LogP contribution is -2.12. The monoisotopic (exact) mass is 154 g/mol. The van der Waals surface area contributed by atoms with Gasteiger partial charge in [0.05, 0.1) is 0 Å². The summed E-state index contributed by atoms with van der Waals surface area (Å²) in [5, 5.41) is 0. The van der Waals surface area contributed by atoms with Gasteiger partial charge >= 0.3 is 0 Å². The third kappa shape index (κ3) is 1.66. The van der Waals surface area contributed by atoms with E-state index in [0.29, 0.717) is 0 Å². The summed E-state index contributed by atoms with van der Waals surface area (Å²) in [7, 11) is 5.19. The molecule has 11 heavy (non-hydrogen) atoms. The molecular weight excluding hydrogens is 149 g/mol. The van der Waals surface area contributed by atoms with Gasteiger partial charge < -0.3 is 5.73 Å². The van der Waals surface area contributed by atoms with Crippen LogP contribution in [0.1, 0.15) is 12.0 Å². The average molecular weight is 154 g/mol. The fraction of sp³-hybridized carbons (Fsp3) is 0.167. The van der Waals surface area contributed by atoms with Gasteiger partial charge in [0.25, 0.3) is 6.43 Å². The van der Waals surface area contributed by atoms with Crippen LogP contribution in [0, 0.1) is 0 Å². The number of anilines is 1. The zero-order chi connectivity index (χ0) is 8.43. The molecule has 0 aliphatic heterocycles. The molecule has 0 bridgehead atoms. The number of halogens is 2. The lowest BCUT2D eigenvalue weighted by atomic mass is 9.93. The molecule has 1 heterocycles. The Morgan fingerprint density at radius 3 is 2.64 bits per heavy atom. The Kier molecular flexibility index (Phi) is 2.07. The van der Waals surface area contributed by atoms with Crippen LogP contribution < -0.4 is 11.2 Å². The Morgan fingerprint density at radius 1 is 1.55 bits per heavy atom. The van der Waals surface area contributed by atoms with E-state index in [9.17, 15) is 8.78 Å². The lowest BCUT2D eigenvalue weighted by Gasteiger charge is -2.03. The van der Waals surface area contributed by atoms with Crippen LogP contribution in [0.25, 0.3) is 0 Å². The number of aromatic nitrogens is 1. The van der Waals surface area contributed by atoms with Crippen LogP contribution in [0.5, 0.6) is 0 Å². The molecule has 0 aliphatic carbocycles. The van der Waals surface area contributed by atoms with Gasteiger partial charge in [-0.1, -0.05) is 5.46 Å². The molecule has 0 aromatic carbocycles. The highest BCUT2D eigenvalue weighted by atomic mass is 19.3. The number of alkyl halides is 2. The van der Waals surface area contributed by atoms with Gasteiger partial charge in [-0.25, -0.2) is 13.8 Å². The molecule has 0 saturated carbocycles. The lowest BCUT2D eigenvalue weighted by molar-refractivity contribution is 0.152. The van der Waals surface area contributed by atoms with Crippen molar-refractivity contribution < 1.29 is 8.78 Å². The molecule has 1 aromatic heterocycles. The third-order valence-corrected chi connectivity index (χ3v) is 1.22. The molecule has 0 atom stereocenters. The van der Waals surface area contributed by atoms with Gasteiger partial charge in [-0.2, -0.15) is 0 Å². The maximum Gasteiger partial charge on any atom is 0.263 e. The molecule has 56 valence electrons. The second kappa shape index (κ2) is 2.86. The van der Waals surface area contributed by atoms with Crippen molar-refractivity contribution in [2.75, 3.05) is 5.73 Å². The first-order valence-electron chi connectivity index (χ1n) is 2.90. The molecule has 2 nitrogen and oxygen atoms in total. The Balaban J connectivity index is 3.13. The zero-order valence-electron chi connectivity index (χ0n) is 5.59. The molecule has 1 aromatic rings. The SMILES string of the molecule is [B]c1cnc(N)cc1C(F)F. The highest BCUT2D eigenvalue weighted by molar-refractivity contribution is 6.33. The van der Waals surface area contributed by atoms with E-state index in [2.05, 4.69) is 4.98 Å². The van der Waals surface area contributed by atoms with E-state index in [0.717, 1.165) is 12.3 Å². The van der Waals surface area contributed by atoms with Gasteiger partial charge in [0.1, 0.15) is 13.7 Å². The van der Waals surface area contributed by atoms with E-state index in [-0.39, 0.29) is 16.8 Å². The highest BCUT2D eigenvalue weighted by Gasteiger charge is 2.09. The first kappa shape index (κ1) is 7.98. The second-order valence-corrected chi connectivity index (χ2v) is 2.04. The van der Waals surface area contributed by atoms with Crippen LogP contribution in [0.2, 0.25) is 0 Å². The van der Waals surface area contributed by atoms with Gasteiger partial charge in [-0.05, 0) is 6.07 Å². The van der Waals surface area contributed by atoms with Crippen LogP contribution in [0.3, 0.4) is 0 Å². The summed E-state index contributed by atoms with van der Waals surface area (Å²) in [4.78, 5) is 3.54. The second-order valence-electron chi connectivity index (χ2n) is 2.04. The molecule has 0 spiro atoms. The Labute approximate surface area is 63.8 Å². The molecule has 5 heteroatoms. The summed E-state index contributed by atoms with van der Waals surface area (Å²) in [6.45, 7) is 0. The van der Waals surface area contributed by atoms with Crippen LogP contribution in [0.4, 0.5) is 14.6 Å². The first-order valence-corrected chi connectivity index (χ1v) is 2.90. The topological polar surface area (TPSA) is 38.9 Å². The predicted octanol–water partition coefficient (Wildman–Crippen LogP) is 0.395. The van der Waals surface area contributed by atoms with Gasteiger partial charge in [0.15, 0.2) is 0 Å². The number of nitrogens with zero attached hydrogens (tertiary/aromatic N) is 1. The van der Waals surface area contributed by atoms with E-state index < -0.39 is 6.43 Å². The van der Waals surface area contributed by atoms with Crippen molar-refractivity contribution in [2.45, 2.75) is 6.43 Å². The minimum atomic E-state index is -2.60. The van der Waals surface area contributed by atoms with Crippen molar-refractivity contribution in [3.05, 3.63) is 17.8 Å². The number of pyridine rings is 1. The van der Waals surface area contributed by atoms with Gasteiger partial charge in [0, 0.05) is 11.8 Å². The molecule has 0 saturated heterocycles. The number of hydrogen-bond donors (Lipinski definition) is 1. The van der Waals surface area contributed by atoms with E-state index in [1.807, 2.05) is 0 Å². The summed E-state index contributed by atoms with van der Waals surface area (Å²) in [6.07, 6.45) is -1.48. The van der Waals surface area contributed by atoms with Crippen LogP contribution in [0.15, 0.2) is 12.3 Å². The van der Waals surface area contributed by atoms with Gasteiger partial charge in [-0.3, -0.25) is 0 Å². The third-order valence-electron chi connectivity index (χ3n) is 1.22. The number of nitrogen functional groups attached to an aromatic ring is 1. The Hall–Kier alpha value is -1.13. The zero-order valence-corrected chi connectivity index (χ0v) is 5.59. The van der Waals surface area contributed by atoms with Gasteiger partial charge in [-0.15, -0.1) is 0 Å². The smallest absolute Gasteiger partial charge is 0.263 e. The van der Waals surface area contributed by atoms with E-state index in [1.54, 1.807) is 0 Å². The summed E-state index contributed by atoms with van der Waals surface area (Å²) in [5.41, 5.74) is 4.87. The molecule has 0 amide bonds. The normalized spacial score (nSPS) is 10.5. The minimum absolute atomic E-state index is 0.0331. The Morgan fingerprint density at radius 2 is 2.18 bits per heavy atom. The summed E-state index contributed by atoms with van der Waals surface area (Å²) in [6, 6.07) is 1.07. The molecule has 0 fully saturated rings. The number of hydrogen-bond acceptors (Lipinski definition) is 2. The van der Waals surface area contributed by atoms with E-state index in [4.69, 9.17) is 13.6 Å². The Bertz CT molecular complexity index is 265. The van der Waals surface area contributed by atoms with Crippen molar-refractivity contribution in [1.82, 2.24) is 4.98 Å². The first-order chi connectivity index (χ1) is 5.11. The highest BCUT2D eigenvalue weighted by Crippen LogP contribution is 2.16. The predicted molar refractivity (Wildman–Crippen MR) is 39.0 cm³/mol. The largest absolute Gasteiger partial charge is 0.384 e. The minimum Gasteiger partial charge on any atom is -0.384 e. The summed E-state index contributed by atoms with van der Waals surface area (Å²) in [5.74, 6) is 0.0505. The average Bonchev–Trinajstić information content (AvgIpc) is 1.94. The quantitative estimate of drug-likeness (QED) is 0.594. The standard InChI is InChI=1S/C6H5BF2N2/c7-4-2-11-5(10)1-3(4)6(8)9/h1-2,6H,(H2,10,11). The van der Waals surface area contributed by atoms with Crippen molar-refractivity contribution >= 4 is 19.1 Å². The maximum atomic E-state index is 12.0. The molecular formula is C6H5BF2N2. The van der Waals surface area contributed by atoms with Crippen molar-refractivity contribution in [3.63, 3.8) is 0 Å². The fourth-order valence-electron chi connectivity index (χ4n) is 0.688. The fourth-order valence-corrected chi connectivity index (χ4v) is 0.688. The van der Waals surface area contributed by atoms with E-state index in [1.165, 1.54) is 0 Å².